The molecule has 0 bridgehead atoms. The molecule has 0 rings (SSSR count). The summed E-state index contributed by atoms with van der Waals surface area (Å²) in [6, 6.07) is 0. The maximum atomic E-state index is 9.40. The van der Waals surface area contributed by atoms with Gasteiger partial charge in [0.25, 0.3) is 0 Å². The van der Waals surface area contributed by atoms with Crippen molar-refractivity contribution < 1.29 is 9.84 Å². The van der Waals surface area contributed by atoms with Crippen molar-refractivity contribution in [3.05, 3.63) is 0 Å². The van der Waals surface area contributed by atoms with E-state index in [2.05, 4.69) is 31.0 Å². The van der Waals surface area contributed by atoms with Gasteiger partial charge in [-0.2, -0.15) is 0 Å². The summed E-state index contributed by atoms with van der Waals surface area (Å²) in [6.07, 6.45) is 3.35. The quantitative estimate of drug-likeness (QED) is 0.522. The molecule has 4 nitrogen and oxygen atoms in total. The Balaban J connectivity index is 3.75. The lowest BCUT2D eigenvalue weighted by atomic mass is 9.95. The van der Waals surface area contributed by atoms with Crippen LogP contribution in [0, 0.1) is 0 Å². The molecule has 0 aliphatic rings. The van der Waals surface area contributed by atoms with Gasteiger partial charge in [-0.25, -0.2) is 0 Å². The van der Waals surface area contributed by atoms with Crippen LogP contribution in [0.4, 0.5) is 0 Å². The summed E-state index contributed by atoms with van der Waals surface area (Å²) < 4.78 is 5.10. The number of rotatable bonds is 12. The first kappa shape index (κ1) is 17.8. The number of unbranched alkanes of at least 4 members (excludes halogenated alkanes) is 1. The van der Waals surface area contributed by atoms with E-state index in [9.17, 15) is 5.11 Å². The molecule has 0 aliphatic carbocycles. The van der Waals surface area contributed by atoms with Crippen LogP contribution < -0.4 is 5.32 Å². The summed E-state index contributed by atoms with van der Waals surface area (Å²) in [7, 11) is 1.75. The topological polar surface area (TPSA) is 44.7 Å². The zero-order valence-electron chi connectivity index (χ0n) is 12.7. The van der Waals surface area contributed by atoms with E-state index in [1.807, 2.05) is 0 Å². The Kier molecular flexibility index (Phi) is 10.6. The molecule has 0 aromatic carbocycles. The van der Waals surface area contributed by atoms with E-state index in [0.29, 0.717) is 0 Å². The van der Waals surface area contributed by atoms with Crippen LogP contribution in [0.15, 0.2) is 0 Å². The molecule has 1 unspecified atom stereocenters. The molecule has 4 heteroatoms. The van der Waals surface area contributed by atoms with Crippen LogP contribution in [-0.2, 0) is 4.74 Å². The second-order valence-electron chi connectivity index (χ2n) is 5.13. The molecule has 0 aromatic rings. The van der Waals surface area contributed by atoms with E-state index in [1.165, 1.54) is 6.42 Å². The highest BCUT2D eigenvalue weighted by molar-refractivity contribution is 4.81. The van der Waals surface area contributed by atoms with Crippen LogP contribution in [0.3, 0.4) is 0 Å². The van der Waals surface area contributed by atoms with Gasteiger partial charge in [-0.15, -0.1) is 0 Å². The monoisotopic (exact) mass is 260 g/mol. The fourth-order valence-electron chi connectivity index (χ4n) is 2.15. The summed E-state index contributed by atoms with van der Waals surface area (Å²) in [5, 5.41) is 12.8. The second-order valence-corrected chi connectivity index (χ2v) is 5.13. The lowest BCUT2D eigenvalue weighted by Crippen LogP contribution is -2.45. The van der Waals surface area contributed by atoms with Crippen molar-refractivity contribution >= 4 is 0 Å². The molecule has 18 heavy (non-hydrogen) atoms. The van der Waals surface area contributed by atoms with Crippen LogP contribution in [0.5, 0.6) is 0 Å². The average Bonchev–Trinajstić information content (AvgIpc) is 2.38. The van der Waals surface area contributed by atoms with Crippen LogP contribution in [0.2, 0.25) is 0 Å². The number of hydrogen-bond donors (Lipinski definition) is 2. The van der Waals surface area contributed by atoms with Crippen molar-refractivity contribution in [1.29, 1.82) is 0 Å². The molecule has 0 saturated heterocycles. The molecule has 0 heterocycles. The third kappa shape index (κ3) is 8.03. The predicted octanol–water partition coefficient (Wildman–Crippen LogP) is 1.49. The lowest BCUT2D eigenvalue weighted by Gasteiger charge is -2.29. The SMILES string of the molecule is CCNC(C)(CO)CCCCN(CC)CCOC. The largest absolute Gasteiger partial charge is 0.394 e. The van der Waals surface area contributed by atoms with Crippen molar-refractivity contribution in [3.63, 3.8) is 0 Å². The zero-order valence-corrected chi connectivity index (χ0v) is 12.7. The fourth-order valence-corrected chi connectivity index (χ4v) is 2.15. The molecule has 0 aliphatic heterocycles. The first-order valence-electron chi connectivity index (χ1n) is 7.19. The molecule has 0 spiro atoms. The molecule has 0 amide bonds. The average molecular weight is 260 g/mol. The number of aliphatic hydroxyl groups excluding tert-OH is 1. The minimum atomic E-state index is -0.113. The highest BCUT2D eigenvalue weighted by atomic mass is 16.5. The molecule has 110 valence electrons. The maximum Gasteiger partial charge on any atom is 0.0610 e. The first-order chi connectivity index (χ1) is 8.61. The minimum absolute atomic E-state index is 0.113. The van der Waals surface area contributed by atoms with Gasteiger partial charge in [0.05, 0.1) is 13.2 Å². The summed E-state index contributed by atoms with van der Waals surface area (Å²) >= 11 is 0. The van der Waals surface area contributed by atoms with E-state index < -0.39 is 0 Å². The molecular weight excluding hydrogens is 228 g/mol. The van der Waals surface area contributed by atoms with Gasteiger partial charge >= 0.3 is 0 Å². The molecule has 0 saturated carbocycles. The molecule has 1 atom stereocenters. The minimum Gasteiger partial charge on any atom is -0.394 e. The van der Waals surface area contributed by atoms with Gasteiger partial charge in [0.1, 0.15) is 0 Å². The Bertz CT molecular complexity index is 191. The van der Waals surface area contributed by atoms with Gasteiger partial charge in [-0.3, -0.25) is 0 Å². The Morgan fingerprint density at radius 1 is 1.22 bits per heavy atom. The van der Waals surface area contributed by atoms with Gasteiger partial charge in [0.2, 0.25) is 0 Å². The number of aliphatic hydroxyl groups is 1. The number of hydrogen-bond acceptors (Lipinski definition) is 4. The van der Waals surface area contributed by atoms with Gasteiger partial charge in [0, 0.05) is 19.2 Å². The Morgan fingerprint density at radius 2 is 1.94 bits per heavy atom. The maximum absolute atomic E-state index is 9.40. The van der Waals surface area contributed by atoms with Crippen molar-refractivity contribution in [1.82, 2.24) is 10.2 Å². The smallest absolute Gasteiger partial charge is 0.0610 e. The van der Waals surface area contributed by atoms with Crippen LogP contribution in [0.25, 0.3) is 0 Å². The van der Waals surface area contributed by atoms with E-state index in [0.717, 1.165) is 45.6 Å². The standard InChI is InChI=1S/C14H32N2O2/c1-5-15-14(3,13-17)9-7-8-10-16(6-2)11-12-18-4/h15,17H,5-13H2,1-4H3. The van der Waals surface area contributed by atoms with Crippen molar-refractivity contribution in [2.45, 2.75) is 45.6 Å². The summed E-state index contributed by atoms with van der Waals surface area (Å²) in [5.41, 5.74) is -0.113. The predicted molar refractivity (Wildman–Crippen MR) is 77.0 cm³/mol. The normalized spacial score (nSPS) is 15.0. The van der Waals surface area contributed by atoms with E-state index in [-0.39, 0.29) is 12.1 Å². The highest BCUT2D eigenvalue weighted by Crippen LogP contribution is 2.13. The number of ether oxygens (including phenoxy) is 1. The summed E-state index contributed by atoms with van der Waals surface area (Å²) in [6.45, 7) is 11.5. The van der Waals surface area contributed by atoms with Gasteiger partial charge in [-0.05, 0) is 39.4 Å². The van der Waals surface area contributed by atoms with E-state index in [1.54, 1.807) is 7.11 Å². The summed E-state index contributed by atoms with van der Waals surface area (Å²) in [5.74, 6) is 0. The molecule has 2 N–H and O–H groups in total. The number of nitrogens with zero attached hydrogens (tertiary/aromatic N) is 1. The van der Waals surface area contributed by atoms with Gasteiger partial charge in [-0.1, -0.05) is 20.3 Å². The van der Waals surface area contributed by atoms with Crippen molar-refractivity contribution in [2.75, 3.05) is 46.5 Å². The number of likely N-dealkylation sites (N-methyl/N-ethyl adjacent to an activating group) is 2. The summed E-state index contributed by atoms with van der Waals surface area (Å²) in [4.78, 5) is 2.41. The molecule has 0 aromatic heterocycles. The fraction of sp³-hybridized carbons (Fsp3) is 1.00. The molecular formula is C14H32N2O2. The zero-order chi connectivity index (χ0) is 13.9. The van der Waals surface area contributed by atoms with Crippen LogP contribution >= 0.6 is 0 Å². The van der Waals surface area contributed by atoms with Crippen LogP contribution in [0.1, 0.15) is 40.0 Å². The van der Waals surface area contributed by atoms with E-state index in [4.69, 9.17) is 4.74 Å². The lowest BCUT2D eigenvalue weighted by molar-refractivity contribution is 0.144. The molecule has 0 radical (unpaired) electrons. The number of methoxy groups -OCH3 is 1. The highest BCUT2D eigenvalue weighted by Gasteiger charge is 2.20. The Labute approximate surface area is 113 Å². The Morgan fingerprint density at radius 3 is 2.44 bits per heavy atom. The van der Waals surface area contributed by atoms with E-state index >= 15 is 0 Å². The van der Waals surface area contributed by atoms with Crippen molar-refractivity contribution in [2.24, 2.45) is 0 Å². The van der Waals surface area contributed by atoms with Crippen LogP contribution in [-0.4, -0.2) is 62.0 Å². The number of nitrogens with one attached hydrogen (secondary N) is 1. The molecule has 0 fully saturated rings. The first-order valence-corrected chi connectivity index (χ1v) is 7.19. The third-order valence-corrected chi connectivity index (χ3v) is 3.46. The Hall–Kier alpha value is -0.160. The van der Waals surface area contributed by atoms with Crippen molar-refractivity contribution in [3.8, 4) is 0 Å². The third-order valence-electron chi connectivity index (χ3n) is 3.46. The van der Waals surface area contributed by atoms with Gasteiger partial charge in [0.15, 0.2) is 0 Å². The second kappa shape index (κ2) is 10.7. The van der Waals surface area contributed by atoms with Gasteiger partial charge < -0.3 is 20.1 Å².